The molecule has 4 aromatic carbocycles. The number of aromatic nitrogens is 1. The molecule has 0 unspecified atom stereocenters. The molecule has 0 aliphatic heterocycles. The summed E-state index contributed by atoms with van der Waals surface area (Å²) in [6.07, 6.45) is 1.57. The second-order valence-corrected chi connectivity index (χ2v) is 11.8. The van der Waals surface area contributed by atoms with E-state index in [9.17, 15) is 14.4 Å². The van der Waals surface area contributed by atoms with Gasteiger partial charge >= 0.3 is 0 Å². The number of methoxy groups -OCH3 is 1. The highest BCUT2D eigenvalue weighted by molar-refractivity contribution is 8.00. The van der Waals surface area contributed by atoms with Gasteiger partial charge in [-0.05, 0) is 79.7 Å². The third kappa shape index (κ3) is 9.32. The Hall–Kier alpha value is -5.39. The van der Waals surface area contributed by atoms with Crippen molar-refractivity contribution in [3.8, 4) is 22.8 Å². The summed E-state index contributed by atoms with van der Waals surface area (Å²) in [6.45, 7) is 2.54. The van der Waals surface area contributed by atoms with Gasteiger partial charge in [-0.1, -0.05) is 36.4 Å². The summed E-state index contributed by atoms with van der Waals surface area (Å²) in [7, 11) is 1.54. The number of rotatable bonds is 13. The highest BCUT2D eigenvalue weighted by Crippen LogP contribution is 2.27. The molecule has 0 atom stereocenters. The van der Waals surface area contributed by atoms with Crippen molar-refractivity contribution in [2.75, 3.05) is 30.1 Å². The van der Waals surface area contributed by atoms with Gasteiger partial charge in [0.1, 0.15) is 17.2 Å². The van der Waals surface area contributed by atoms with Crippen molar-refractivity contribution in [3.05, 3.63) is 125 Å². The minimum absolute atomic E-state index is 0.0475. The molecule has 3 N–H and O–H groups in total. The lowest BCUT2D eigenvalue weighted by molar-refractivity contribution is -0.114. The molecule has 0 saturated heterocycles. The van der Waals surface area contributed by atoms with Crippen LogP contribution in [0.2, 0.25) is 0 Å². The van der Waals surface area contributed by atoms with E-state index in [2.05, 4.69) is 20.9 Å². The highest BCUT2D eigenvalue weighted by Gasteiger charge is 2.16. The zero-order valence-electron chi connectivity index (χ0n) is 25.7. The van der Waals surface area contributed by atoms with Crippen LogP contribution in [0.4, 0.5) is 10.8 Å². The van der Waals surface area contributed by atoms with Crippen LogP contribution < -0.4 is 25.4 Å². The molecule has 0 bridgehead atoms. The lowest BCUT2D eigenvalue weighted by Gasteiger charge is -2.13. The Balaban J connectivity index is 1.18. The molecule has 0 fully saturated rings. The molecule has 0 aliphatic carbocycles. The van der Waals surface area contributed by atoms with Crippen LogP contribution in [0.25, 0.3) is 17.3 Å². The van der Waals surface area contributed by atoms with Crippen molar-refractivity contribution in [3.63, 3.8) is 0 Å². The number of nitrogens with zero attached hydrogens (tertiary/aromatic N) is 1. The maximum Gasteiger partial charge on any atom is 0.272 e. The predicted octanol–water partition coefficient (Wildman–Crippen LogP) is 7.36. The molecule has 0 radical (unpaired) electrons. The van der Waals surface area contributed by atoms with Gasteiger partial charge in [0, 0.05) is 32.7 Å². The van der Waals surface area contributed by atoms with Gasteiger partial charge in [0.2, 0.25) is 5.91 Å². The van der Waals surface area contributed by atoms with Gasteiger partial charge in [0.05, 0.1) is 25.2 Å². The average molecular weight is 665 g/mol. The Morgan fingerprint density at radius 3 is 2.32 bits per heavy atom. The molecule has 1 aromatic heterocycles. The van der Waals surface area contributed by atoms with Crippen molar-refractivity contribution < 1.29 is 23.9 Å². The van der Waals surface area contributed by atoms with Crippen LogP contribution in [0.15, 0.2) is 119 Å². The summed E-state index contributed by atoms with van der Waals surface area (Å²) < 4.78 is 10.9. The standard InChI is InChI=1S/C36H32N4O5S2/c1-3-45-28-17-13-24(14-18-28)31-22-47-36(39-31)40-33(41)23-46-29-19-15-27(16-20-29)37-35(43)30(21-26-11-7-8-12-32(26)44-2)38-34(42)25-9-5-4-6-10-25/h4-22H,3,23H2,1-2H3,(H,37,43)(H,38,42)(H,39,40,41)/b30-21-. The lowest BCUT2D eigenvalue weighted by atomic mass is 10.1. The SMILES string of the molecule is CCOc1ccc(-c2csc(NC(=O)CSc3ccc(NC(=O)/C(=C/c4ccccc4OC)NC(=O)c4ccccc4)cc3)n2)cc1. The lowest BCUT2D eigenvalue weighted by Crippen LogP contribution is -2.30. The van der Waals surface area contributed by atoms with Crippen LogP contribution in [0.1, 0.15) is 22.8 Å². The fourth-order valence-corrected chi connectivity index (χ4v) is 5.81. The summed E-state index contributed by atoms with van der Waals surface area (Å²) in [6, 6.07) is 30.6. The maximum absolute atomic E-state index is 13.4. The number of ether oxygens (including phenoxy) is 2. The van der Waals surface area contributed by atoms with E-state index in [0.717, 1.165) is 21.9 Å². The molecular formula is C36H32N4O5S2. The summed E-state index contributed by atoms with van der Waals surface area (Å²) in [5.41, 5.74) is 3.33. The average Bonchev–Trinajstić information content (AvgIpc) is 3.57. The van der Waals surface area contributed by atoms with Crippen molar-refractivity contribution >= 4 is 57.7 Å². The maximum atomic E-state index is 13.4. The molecule has 238 valence electrons. The van der Waals surface area contributed by atoms with Gasteiger partial charge in [0.25, 0.3) is 11.8 Å². The number of carbonyl (C=O) groups excluding carboxylic acids is 3. The van der Waals surface area contributed by atoms with E-state index >= 15 is 0 Å². The van der Waals surface area contributed by atoms with Gasteiger partial charge in [0.15, 0.2) is 5.13 Å². The zero-order valence-corrected chi connectivity index (χ0v) is 27.3. The van der Waals surface area contributed by atoms with E-state index in [1.165, 1.54) is 30.2 Å². The van der Waals surface area contributed by atoms with Crippen molar-refractivity contribution in [2.45, 2.75) is 11.8 Å². The third-order valence-electron chi connectivity index (χ3n) is 6.66. The summed E-state index contributed by atoms with van der Waals surface area (Å²) in [4.78, 5) is 44.3. The van der Waals surface area contributed by atoms with E-state index in [-0.39, 0.29) is 17.4 Å². The molecule has 0 spiro atoms. The predicted molar refractivity (Wildman–Crippen MR) is 188 cm³/mol. The molecule has 47 heavy (non-hydrogen) atoms. The minimum atomic E-state index is -0.506. The number of nitrogens with one attached hydrogen (secondary N) is 3. The second kappa shape index (κ2) is 16.3. The molecular weight excluding hydrogens is 633 g/mol. The fourth-order valence-electron chi connectivity index (χ4n) is 4.37. The molecule has 3 amide bonds. The fraction of sp³-hybridized carbons (Fsp3) is 0.111. The number of thioether (sulfide) groups is 1. The summed E-state index contributed by atoms with van der Waals surface area (Å²) in [5, 5.41) is 10.8. The van der Waals surface area contributed by atoms with Crippen LogP contribution in [0, 0.1) is 0 Å². The quantitative estimate of drug-likeness (QED) is 0.0889. The molecule has 1 heterocycles. The summed E-state index contributed by atoms with van der Waals surface area (Å²) >= 11 is 2.72. The first-order valence-corrected chi connectivity index (χ1v) is 16.5. The van der Waals surface area contributed by atoms with Gasteiger partial charge in [-0.3, -0.25) is 14.4 Å². The van der Waals surface area contributed by atoms with E-state index in [0.29, 0.717) is 34.3 Å². The first-order valence-electron chi connectivity index (χ1n) is 14.7. The molecule has 11 heteroatoms. The first-order chi connectivity index (χ1) is 22.9. The molecule has 9 nitrogen and oxygen atoms in total. The number of benzene rings is 4. The minimum Gasteiger partial charge on any atom is -0.496 e. The van der Waals surface area contributed by atoms with Gasteiger partial charge in [-0.25, -0.2) is 4.98 Å². The van der Waals surface area contributed by atoms with Crippen molar-refractivity contribution in [1.82, 2.24) is 10.3 Å². The highest BCUT2D eigenvalue weighted by atomic mass is 32.2. The Morgan fingerprint density at radius 1 is 0.872 bits per heavy atom. The number of hydrogen-bond acceptors (Lipinski definition) is 8. The van der Waals surface area contributed by atoms with E-state index < -0.39 is 11.8 Å². The third-order valence-corrected chi connectivity index (χ3v) is 8.43. The van der Waals surface area contributed by atoms with Crippen molar-refractivity contribution in [1.29, 1.82) is 0 Å². The monoisotopic (exact) mass is 664 g/mol. The van der Waals surface area contributed by atoms with Crippen LogP contribution in [0.3, 0.4) is 0 Å². The Bertz CT molecular complexity index is 1860. The van der Waals surface area contributed by atoms with Crippen molar-refractivity contribution in [2.24, 2.45) is 0 Å². The van der Waals surface area contributed by atoms with E-state index in [4.69, 9.17) is 9.47 Å². The van der Waals surface area contributed by atoms with Crippen LogP contribution >= 0.6 is 23.1 Å². The topological polar surface area (TPSA) is 119 Å². The van der Waals surface area contributed by atoms with Crippen LogP contribution in [-0.4, -0.2) is 42.2 Å². The zero-order chi connectivity index (χ0) is 33.0. The first kappa shape index (κ1) is 33.0. The van der Waals surface area contributed by atoms with E-state index in [1.54, 1.807) is 54.6 Å². The number of para-hydroxylation sites is 1. The number of thiazole rings is 1. The van der Waals surface area contributed by atoms with Crippen LogP contribution in [-0.2, 0) is 9.59 Å². The molecule has 0 saturated carbocycles. The van der Waals surface area contributed by atoms with Gasteiger partial charge in [-0.2, -0.15) is 0 Å². The molecule has 5 rings (SSSR count). The van der Waals surface area contributed by atoms with E-state index in [1.807, 2.05) is 66.9 Å². The van der Waals surface area contributed by atoms with Crippen LogP contribution in [0.5, 0.6) is 11.5 Å². The second-order valence-electron chi connectivity index (χ2n) is 9.93. The number of anilines is 2. The van der Waals surface area contributed by atoms with Gasteiger partial charge < -0.3 is 25.4 Å². The number of carbonyl (C=O) groups is 3. The molecule has 5 aromatic rings. The smallest absolute Gasteiger partial charge is 0.272 e. The summed E-state index contributed by atoms with van der Waals surface area (Å²) in [5.74, 6) is 0.428. The Morgan fingerprint density at radius 2 is 1.60 bits per heavy atom. The Kier molecular flexibility index (Phi) is 11.4. The largest absolute Gasteiger partial charge is 0.496 e. The Labute approximate surface area is 281 Å². The normalized spacial score (nSPS) is 11.0. The molecule has 0 aliphatic rings. The number of hydrogen-bond donors (Lipinski definition) is 3. The van der Waals surface area contributed by atoms with Gasteiger partial charge in [-0.15, -0.1) is 23.1 Å². The number of amides is 3.